The highest BCUT2D eigenvalue weighted by molar-refractivity contribution is 8.01. The monoisotopic (exact) mass is 314 g/mol. The summed E-state index contributed by atoms with van der Waals surface area (Å²) in [7, 11) is 0. The smallest absolute Gasteiger partial charge is 0.0300 e. The van der Waals surface area contributed by atoms with Gasteiger partial charge in [-0.3, -0.25) is 0 Å². The molecule has 0 radical (unpaired) electrons. The summed E-state index contributed by atoms with van der Waals surface area (Å²) < 4.78 is 0. The van der Waals surface area contributed by atoms with Crippen LogP contribution in [0.1, 0.15) is 67.2 Å². The van der Waals surface area contributed by atoms with E-state index < -0.39 is 0 Å². The summed E-state index contributed by atoms with van der Waals surface area (Å²) in [6, 6.07) is 0. The molecule has 0 amide bonds. The summed E-state index contributed by atoms with van der Waals surface area (Å²) in [5, 5.41) is 1.73. The molecule has 0 N–H and O–H groups in total. The third kappa shape index (κ3) is 1.72. The average Bonchev–Trinajstić information content (AvgIpc) is 3.13. The molecule has 0 saturated heterocycles. The molecule has 22 heavy (non-hydrogen) atoms. The van der Waals surface area contributed by atoms with Gasteiger partial charge in [0.1, 0.15) is 0 Å². The third-order valence-electron chi connectivity index (χ3n) is 6.77. The Morgan fingerprint density at radius 1 is 1.36 bits per heavy atom. The molecule has 3 aliphatic carbocycles. The van der Waals surface area contributed by atoms with Crippen LogP contribution in [0.4, 0.5) is 0 Å². The van der Waals surface area contributed by atoms with Crippen molar-refractivity contribution in [3.8, 4) is 0 Å². The highest BCUT2D eigenvalue weighted by Crippen LogP contribution is 2.75. The van der Waals surface area contributed by atoms with E-state index in [0.717, 1.165) is 10.5 Å². The van der Waals surface area contributed by atoms with E-state index >= 15 is 0 Å². The standard InChI is InChI=1S/C21H30S/c1-7-20(5,6)18-13(4)10-15(12(2)3)21-11-17(21)22-16-9-8-14(16)19(18)21/h10,12,16-17H,7-9,11H2,1-6H3. The van der Waals surface area contributed by atoms with Gasteiger partial charge in [0.05, 0.1) is 0 Å². The summed E-state index contributed by atoms with van der Waals surface area (Å²) in [6.45, 7) is 14.5. The average molecular weight is 315 g/mol. The van der Waals surface area contributed by atoms with Crippen LogP contribution in [0.25, 0.3) is 0 Å². The van der Waals surface area contributed by atoms with Gasteiger partial charge in [0.25, 0.3) is 0 Å². The van der Waals surface area contributed by atoms with Gasteiger partial charge in [-0.2, -0.15) is 0 Å². The van der Waals surface area contributed by atoms with Gasteiger partial charge in [-0.1, -0.05) is 51.8 Å². The molecule has 3 atom stereocenters. The molecule has 3 unspecified atom stereocenters. The summed E-state index contributed by atoms with van der Waals surface area (Å²) in [5.41, 5.74) is 9.45. The number of allylic oxidation sites excluding steroid dienone is 5. The second-order valence-corrected chi connectivity index (χ2v) is 10.2. The number of fused-ring (bicyclic) bond motifs is 1. The van der Waals surface area contributed by atoms with Crippen LogP contribution in [0.2, 0.25) is 0 Å². The third-order valence-corrected chi connectivity index (χ3v) is 8.52. The van der Waals surface area contributed by atoms with Gasteiger partial charge in [-0.25, -0.2) is 0 Å². The van der Waals surface area contributed by atoms with Gasteiger partial charge < -0.3 is 0 Å². The molecule has 1 aliphatic heterocycles. The molecular formula is C21H30S. The molecular weight excluding hydrogens is 284 g/mol. The van der Waals surface area contributed by atoms with E-state index in [2.05, 4.69) is 59.4 Å². The van der Waals surface area contributed by atoms with E-state index in [1.165, 1.54) is 25.7 Å². The molecule has 2 saturated carbocycles. The van der Waals surface area contributed by atoms with E-state index in [9.17, 15) is 0 Å². The van der Waals surface area contributed by atoms with Crippen LogP contribution in [0.3, 0.4) is 0 Å². The number of thioether (sulfide) groups is 1. The normalized spacial score (nSPS) is 36.6. The molecule has 4 aliphatic rings. The molecule has 4 rings (SSSR count). The van der Waals surface area contributed by atoms with Crippen molar-refractivity contribution in [1.29, 1.82) is 0 Å². The molecule has 0 nitrogen and oxygen atoms in total. The zero-order chi connectivity index (χ0) is 15.9. The Hall–Kier alpha value is -0.430. The fourth-order valence-electron chi connectivity index (χ4n) is 5.18. The SMILES string of the molecule is CCC(C)(C)C1=C(C)C=C(C(C)C)C23CC2SC2CCC2=C13. The Bertz CT molecular complexity index is 628. The van der Waals surface area contributed by atoms with E-state index in [-0.39, 0.29) is 0 Å². The first-order chi connectivity index (χ1) is 10.3. The highest BCUT2D eigenvalue weighted by Gasteiger charge is 2.66. The largest absolute Gasteiger partial charge is 0.149 e. The predicted octanol–water partition coefficient (Wildman–Crippen LogP) is 6.30. The Labute approximate surface area is 140 Å². The molecule has 0 aromatic heterocycles. The second kappa shape index (κ2) is 4.56. The Kier molecular flexibility index (Phi) is 3.13. The fraction of sp³-hybridized carbons (Fsp3) is 0.714. The molecule has 0 aromatic carbocycles. The summed E-state index contributed by atoms with van der Waals surface area (Å²) >= 11 is 2.31. The first-order valence-corrected chi connectivity index (χ1v) is 10.1. The van der Waals surface area contributed by atoms with Crippen LogP contribution in [0.15, 0.2) is 33.9 Å². The molecule has 1 heterocycles. The summed E-state index contributed by atoms with van der Waals surface area (Å²) in [5.74, 6) is 0.680. The van der Waals surface area contributed by atoms with Crippen LogP contribution in [-0.2, 0) is 0 Å². The maximum Gasteiger partial charge on any atom is 0.0300 e. The molecule has 120 valence electrons. The van der Waals surface area contributed by atoms with Gasteiger partial charge in [-0.15, -0.1) is 11.8 Å². The zero-order valence-electron chi connectivity index (χ0n) is 15.0. The minimum atomic E-state index is 0.313. The highest BCUT2D eigenvalue weighted by atomic mass is 32.2. The van der Waals surface area contributed by atoms with E-state index in [1.54, 1.807) is 16.7 Å². The molecule has 2 fully saturated rings. The van der Waals surface area contributed by atoms with E-state index in [0.29, 0.717) is 16.7 Å². The van der Waals surface area contributed by atoms with E-state index in [1.807, 2.05) is 11.1 Å². The Morgan fingerprint density at radius 2 is 2.09 bits per heavy atom. The van der Waals surface area contributed by atoms with Crippen molar-refractivity contribution in [3.05, 3.63) is 33.9 Å². The van der Waals surface area contributed by atoms with E-state index in [4.69, 9.17) is 0 Å². The van der Waals surface area contributed by atoms with Crippen molar-refractivity contribution in [2.45, 2.75) is 77.7 Å². The number of hydrogen-bond acceptors (Lipinski definition) is 1. The van der Waals surface area contributed by atoms with Crippen LogP contribution in [0.5, 0.6) is 0 Å². The topological polar surface area (TPSA) is 0 Å². The van der Waals surface area contributed by atoms with Crippen molar-refractivity contribution in [3.63, 3.8) is 0 Å². The Morgan fingerprint density at radius 3 is 2.64 bits per heavy atom. The Balaban J connectivity index is 1.97. The molecule has 1 heteroatoms. The lowest BCUT2D eigenvalue weighted by Gasteiger charge is -2.48. The summed E-state index contributed by atoms with van der Waals surface area (Å²) in [4.78, 5) is 0. The van der Waals surface area contributed by atoms with Crippen LogP contribution >= 0.6 is 11.8 Å². The maximum atomic E-state index is 2.58. The first kappa shape index (κ1) is 15.1. The summed E-state index contributed by atoms with van der Waals surface area (Å²) in [6.07, 6.45) is 8.02. The molecule has 0 aromatic rings. The van der Waals surface area contributed by atoms with Crippen molar-refractivity contribution < 1.29 is 0 Å². The van der Waals surface area contributed by atoms with Crippen LogP contribution in [-0.4, -0.2) is 10.5 Å². The number of hydrogen-bond donors (Lipinski definition) is 0. The fourth-order valence-corrected chi connectivity index (χ4v) is 7.08. The molecule has 0 bridgehead atoms. The van der Waals surface area contributed by atoms with Crippen molar-refractivity contribution in [2.24, 2.45) is 16.7 Å². The second-order valence-electron chi connectivity index (χ2n) is 8.78. The minimum absolute atomic E-state index is 0.313. The minimum Gasteiger partial charge on any atom is -0.149 e. The van der Waals surface area contributed by atoms with Gasteiger partial charge >= 0.3 is 0 Å². The van der Waals surface area contributed by atoms with Crippen molar-refractivity contribution in [2.75, 3.05) is 0 Å². The lowest BCUT2D eigenvalue weighted by molar-refractivity contribution is 0.408. The van der Waals surface area contributed by atoms with Crippen LogP contribution < -0.4 is 0 Å². The lowest BCUT2D eigenvalue weighted by Crippen LogP contribution is -2.37. The zero-order valence-corrected chi connectivity index (χ0v) is 15.9. The van der Waals surface area contributed by atoms with Crippen molar-refractivity contribution >= 4 is 11.8 Å². The lowest BCUT2D eigenvalue weighted by atomic mass is 9.62. The predicted molar refractivity (Wildman–Crippen MR) is 98.2 cm³/mol. The van der Waals surface area contributed by atoms with Crippen LogP contribution in [0, 0.1) is 16.7 Å². The van der Waals surface area contributed by atoms with Gasteiger partial charge in [0, 0.05) is 15.9 Å². The number of rotatable bonds is 3. The van der Waals surface area contributed by atoms with Crippen molar-refractivity contribution in [1.82, 2.24) is 0 Å². The van der Waals surface area contributed by atoms with Gasteiger partial charge in [0.2, 0.25) is 0 Å². The first-order valence-electron chi connectivity index (χ1n) is 9.15. The van der Waals surface area contributed by atoms with Gasteiger partial charge in [0.15, 0.2) is 0 Å². The quantitative estimate of drug-likeness (QED) is 0.589. The van der Waals surface area contributed by atoms with Gasteiger partial charge in [-0.05, 0) is 60.7 Å². The molecule has 1 spiro atoms. The maximum absolute atomic E-state index is 2.58.